The van der Waals surface area contributed by atoms with Crippen LogP contribution in [0.5, 0.6) is 0 Å². The largest absolute Gasteiger partial charge is 0.315 e. The fourth-order valence-electron chi connectivity index (χ4n) is 2.61. The molecule has 3 aromatic rings. The minimum atomic E-state index is -3.55. The van der Waals surface area contributed by atoms with Gasteiger partial charge in [0.2, 0.25) is 10.0 Å². The first-order chi connectivity index (χ1) is 13.2. The number of fused-ring (bicyclic) bond motifs is 1. The molecule has 3 rings (SSSR count). The summed E-state index contributed by atoms with van der Waals surface area (Å²) in [4.78, 5) is 17.4. The molecule has 0 N–H and O–H groups in total. The van der Waals surface area contributed by atoms with Crippen molar-refractivity contribution < 1.29 is 13.2 Å². The fraction of sp³-hybridized carbons (Fsp3) is 0.222. The number of carbonyl (C=O) groups excluding carboxylic acids is 1. The van der Waals surface area contributed by atoms with Crippen LogP contribution in [0.25, 0.3) is 10.2 Å². The number of thiazole rings is 1. The van der Waals surface area contributed by atoms with E-state index in [1.165, 1.54) is 49.7 Å². The highest BCUT2D eigenvalue weighted by Crippen LogP contribution is 2.32. The summed E-state index contributed by atoms with van der Waals surface area (Å²) in [6.45, 7) is 2.49. The number of aryl methyl sites for hydroxylation is 1. The number of carbonyl (C=O) groups is 1. The van der Waals surface area contributed by atoms with Crippen LogP contribution in [0.3, 0.4) is 0 Å². The first kappa shape index (κ1) is 21.0. The average Bonchev–Trinajstić information content (AvgIpc) is 3.02. The zero-order valence-electron chi connectivity index (χ0n) is 15.3. The molecule has 6 nitrogen and oxygen atoms in total. The Morgan fingerprint density at radius 2 is 1.79 bits per heavy atom. The summed E-state index contributed by atoms with van der Waals surface area (Å²) in [5.74, 6) is -0.468. The molecule has 0 aliphatic rings. The molecule has 0 saturated carbocycles. The molecule has 0 bridgehead atoms. The molecule has 0 aliphatic heterocycles. The van der Waals surface area contributed by atoms with Crippen molar-refractivity contribution in [1.82, 2.24) is 8.87 Å². The lowest BCUT2D eigenvalue weighted by molar-refractivity contribution is 0.0997. The van der Waals surface area contributed by atoms with Gasteiger partial charge in [-0.3, -0.25) is 4.79 Å². The summed E-state index contributed by atoms with van der Waals surface area (Å²) in [7, 11) is -0.652. The minimum absolute atomic E-state index is 0.112. The highest BCUT2D eigenvalue weighted by Gasteiger charge is 2.18. The molecule has 2 aromatic carbocycles. The van der Waals surface area contributed by atoms with Crippen LogP contribution in [0.2, 0.25) is 10.0 Å². The predicted octanol–water partition coefficient (Wildman–Crippen LogP) is 4.02. The molecule has 0 saturated heterocycles. The van der Waals surface area contributed by atoms with E-state index in [1.54, 1.807) is 6.07 Å². The first-order valence-corrected chi connectivity index (χ1v) is 11.3. The minimum Gasteiger partial charge on any atom is -0.315 e. The molecular weight excluding hydrogens is 441 g/mol. The number of aromatic nitrogens is 1. The number of amides is 1. The topological polar surface area (TPSA) is 71.7 Å². The molecule has 1 heterocycles. The Balaban J connectivity index is 2.05. The standard InChI is InChI=1S/C18H17Cl2N3O3S2/c1-4-23-16-14(10-9-13(19)15(16)20)27-18(23)21-17(24)11-5-7-12(8-6-11)28(25,26)22(2)3/h5-10H,4H2,1-3H3. The van der Waals surface area contributed by atoms with Crippen LogP contribution in [0.1, 0.15) is 17.3 Å². The van der Waals surface area contributed by atoms with Gasteiger partial charge in [0.25, 0.3) is 5.91 Å². The lowest BCUT2D eigenvalue weighted by Crippen LogP contribution is -2.22. The number of hydrogen-bond donors (Lipinski definition) is 0. The molecule has 0 atom stereocenters. The second-order valence-electron chi connectivity index (χ2n) is 6.07. The van der Waals surface area contributed by atoms with E-state index in [2.05, 4.69) is 4.99 Å². The SMILES string of the molecule is CCn1c(=NC(=O)c2ccc(S(=O)(=O)N(C)C)cc2)sc2ccc(Cl)c(Cl)c21. The lowest BCUT2D eigenvalue weighted by atomic mass is 10.2. The maximum absolute atomic E-state index is 12.6. The van der Waals surface area contributed by atoms with E-state index in [0.29, 0.717) is 27.0 Å². The van der Waals surface area contributed by atoms with Crippen LogP contribution in [0.15, 0.2) is 46.3 Å². The van der Waals surface area contributed by atoms with Crippen LogP contribution in [0, 0.1) is 0 Å². The Morgan fingerprint density at radius 3 is 2.36 bits per heavy atom. The second kappa shape index (κ2) is 7.96. The third kappa shape index (κ3) is 3.75. The Bertz CT molecular complexity index is 1230. The molecule has 148 valence electrons. The van der Waals surface area contributed by atoms with Crippen molar-refractivity contribution in [1.29, 1.82) is 0 Å². The normalized spacial score (nSPS) is 12.9. The van der Waals surface area contributed by atoms with Gasteiger partial charge in [0, 0.05) is 26.2 Å². The monoisotopic (exact) mass is 457 g/mol. The zero-order chi connectivity index (χ0) is 20.6. The summed E-state index contributed by atoms with van der Waals surface area (Å²) >= 11 is 13.8. The van der Waals surface area contributed by atoms with Crippen molar-refractivity contribution in [2.75, 3.05) is 14.1 Å². The quantitative estimate of drug-likeness (QED) is 0.593. The maximum Gasteiger partial charge on any atom is 0.279 e. The van der Waals surface area contributed by atoms with Gasteiger partial charge in [-0.05, 0) is 43.3 Å². The fourth-order valence-corrected chi connectivity index (χ4v) is 5.09. The van der Waals surface area contributed by atoms with Crippen molar-refractivity contribution in [2.45, 2.75) is 18.4 Å². The third-order valence-corrected chi connectivity index (χ3v) is 7.79. The molecule has 10 heteroatoms. The van der Waals surface area contributed by atoms with Gasteiger partial charge in [0.05, 0.1) is 25.2 Å². The van der Waals surface area contributed by atoms with E-state index in [9.17, 15) is 13.2 Å². The van der Waals surface area contributed by atoms with E-state index < -0.39 is 15.9 Å². The smallest absolute Gasteiger partial charge is 0.279 e. The van der Waals surface area contributed by atoms with Crippen molar-refractivity contribution >= 4 is 60.7 Å². The van der Waals surface area contributed by atoms with E-state index in [-0.39, 0.29) is 4.90 Å². The molecule has 0 aliphatic carbocycles. The van der Waals surface area contributed by atoms with Gasteiger partial charge in [0.15, 0.2) is 4.80 Å². The number of halogens is 2. The molecule has 0 radical (unpaired) electrons. The van der Waals surface area contributed by atoms with Crippen LogP contribution in [-0.2, 0) is 16.6 Å². The highest BCUT2D eigenvalue weighted by molar-refractivity contribution is 7.89. The second-order valence-corrected chi connectivity index (χ2v) is 10.0. The molecule has 1 aromatic heterocycles. The summed E-state index contributed by atoms with van der Waals surface area (Å²) in [5, 5.41) is 0.856. The van der Waals surface area contributed by atoms with Gasteiger partial charge in [0.1, 0.15) is 0 Å². The van der Waals surface area contributed by atoms with Crippen LogP contribution in [0.4, 0.5) is 0 Å². The predicted molar refractivity (Wildman–Crippen MR) is 113 cm³/mol. The number of rotatable bonds is 4. The van der Waals surface area contributed by atoms with E-state index in [4.69, 9.17) is 23.2 Å². The molecule has 28 heavy (non-hydrogen) atoms. The molecule has 0 unspecified atom stereocenters. The van der Waals surface area contributed by atoms with Gasteiger partial charge in [-0.1, -0.05) is 34.5 Å². The summed E-state index contributed by atoms with van der Waals surface area (Å²) in [5.41, 5.74) is 1.03. The molecule has 0 spiro atoms. The number of benzene rings is 2. The Hall–Kier alpha value is -1.71. The van der Waals surface area contributed by atoms with Crippen LogP contribution < -0.4 is 4.80 Å². The summed E-state index contributed by atoms with van der Waals surface area (Å²) < 4.78 is 28.1. The molecule has 1 amide bonds. The maximum atomic E-state index is 12.6. The van der Waals surface area contributed by atoms with Crippen molar-refractivity contribution in [3.8, 4) is 0 Å². The Morgan fingerprint density at radius 1 is 1.14 bits per heavy atom. The number of sulfonamides is 1. The lowest BCUT2D eigenvalue weighted by Gasteiger charge is -2.11. The Kier molecular flexibility index (Phi) is 5.97. The van der Waals surface area contributed by atoms with Gasteiger partial charge in [-0.15, -0.1) is 0 Å². The van der Waals surface area contributed by atoms with Gasteiger partial charge in [-0.25, -0.2) is 12.7 Å². The summed E-state index contributed by atoms with van der Waals surface area (Å²) in [6, 6.07) is 9.25. The van der Waals surface area contributed by atoms with Crippen molar-refractivity contribution in [3.63, 3.8) is 0 Å². The zero-order valence-corrected chi connectivity index (χ0v) is 18.5. The number of nitrogens with zero attached hydrogens (tertiary/aromatic N) is 3. The summed E-state index contributed by atoms with van der Waals surface area (Å²) in [6.07, 6.45) is 0. The van der Waals surface area contributed by atoms with Gasteiger partial charge in [-0.2, -0.15) is 4.99 Å². The first-order valence-electron chi connectivity index (χ1n) is 8.25. The van der Waals surface area contributed by atoms with Crippen LogP contribution in [-0.4, -0.2) is 37.3 Å². The molecular formula is C18H17Cl2N3O3S2. The van der Waals surface area contributed by atoms with E-state index in [0.717, 1.165) is 14.5 Å². The van der Waals surface area contributed by atoms with Crippen molar-refractivity contribution in [3.05, 3.63) is 56.8 Å². The highest BCUT2D eigenvalue weighted by atomic mass is 35.5. The van der Waals surface area contributed by atoms with Crippen molar-refractivity contribution in [2.24, 2.45) is 4.99 Å². The van der Waals surface area contributed by atoms with Gasteiger partial charge >= 0.3 is 0 Å². The third-order valence-electron chi connectivity index (χ3n) is 4.13. The average molecular weight is 458 g/mol. The van der Waals surface area contributed by atoms with Crippen LogP contribution >= 0.6 is 34.5 Å². The Labute approximate surface area is 176 Å². The number of hydrogen-bond acceptors (Lipinski definition) is 4. The van der Waals surface area contributed by atoms with Gasteiger partial charge < -0.3 is 4.57 Å². The van der Waals surface area contributed by atoms with E-state index in [1.807, 2.05) is 17.6 Å². The molecule has 0 fully saturated rings. The van der Waals surface area contributed by atoms with E-state index >= 15 is 0 Å².